The van der Waals surface area contributed by atoms with Crippen molar-refractivity contribution in [3.8, 4) is 17.0 Å². The molecule has 1 N–H and O–H groups in total. The maximum absolute atomic E-state index is 13.9. The average Bonchev–Trinajstić information content (AvgIpc) is 2.82. The van der Waals surface area contributed by atoms with Gasteiger partial charge in [0.2, 0.25) is 0 Å². The molecule has 0 spiro atoms. The topological polar surface area (TPSA) is 45.6 Å². The molecule has 2 bridgehead atoms. The Morgan fingerprint density at radius 3 is 2.81 bits per heavy atom. The van der Waals surface area contributed by atoms with Crippen LogP contribution in [-0.4, -0.2) is 41.2 Å². The number of fused-ring (bicyclic) bond motifs is 4. The molecule has 3 saturated heterocycles. The van der Waals surface area contributed by atoms with Crippen LogP contribution in [0.4, 0.5) is 4.39 Å². The highest BCUT2D eigenvalue weighted by molar-refractivity contribution is 5.87. The fraction of sp³-hybridized carbons (Fsp3) is 0.423. The molecule has 4 nitrogen and oxygen atoms in total. The maximum atomic E-state index is 13.9. The Labute approximate surface area is 182 Å². The first-order valence-electron chi connectivity index (χ1n) is 11.2. The Morgan fingerprint density at radius 2 is 2.10 bits per heavy atom. The third-order valence-corrected chi connectivity index (χ3v) is 7.31. The van der Waals surface area contributed by atoms with Crippen LogP contribution in [0, 0.1) is 17.7 Å². The van der Waals surface area contributed by atoms with Crippen molar-refractivity contribution in [2.24, 2.45) is 11.8 Å². The monoisotopic (exact) mass is 420 g/mol. The summed E-state index contributed by atoms with van der Waals surface area (Å²) in [5.74, 6) is 1.85. The van der Waals surface area contributed by atoms with Crippen LogP contribution in [0.1, 0.15) is 37.9 Å². The number of aromatic nitrogens is 1. The number of hydrogen-bond acceptors (Lipinski definition) is 4. The molecule has 31 heavy (non-hydrogen) atoms. The molecule has 0 saturated carbocycles. The molecule has 162 valence electrons. The van der Waals surface area contributed by atoms with Gasteiger partial charge in [0.05, 0.1) is 24.4 Å². The third kappa shape index (κ3) is 3.70. The van der Waals surface area contributed by atoms with Gasteiger partial charge < -0.3 is 9.84 Å². The van der Waals surface area contributed by atoms with Crippen LogP contribution in [0.15, 0.2) is 48.5 Å². The standard InChI is InChI=1S/C26H29FN2O2/c1-3-16-15-29-10-9-17(16)12-25(29)26(30)22-14-24(18-5-4-6-19(27)11-18)28-23-8-7-20(31-2)13-21(22)23/h4-8,11,13-14,16-17,25-26,30H,3,9-10,12,15H2,1-2H3/t16-,17-,25?,26+/m0/s1. The molecule has 3 fully saturated rings. The van der Waals surface area contributed by atoms with E-state index in [-0.39, 0.29) is 11.9 Å². The molecule has 3 aliphatic rings. The van der Waals surface area contributed by atoms with E-state index in [2.05, 4.69) is 11.8 Å². The normalized spacial score (nSPS) is 26.2. The second kappa shape index (κ2) is 8.21. The number of nitrogens with zero attached hydrogens (tertiary/aromatic N) is 2. The lowest BCUT2D eigenvalue weighted by Crippen LogP contribution is -2.55. The SMILES string of the molecule is CC[C@H]1CN2CC[C@H]1CC2[C@H](O)c1cc(-c2cccc(F)c2)nc2ccc(OC)cc12. The number of hydrogen-bond donors (Lipinski definition) is 1. The van der Waals surface area contributed by atoms with Crippen molar-refractivity contribution in [2.75, 3.05) is 20.2 Å². The number of aliphatic hydroxyl groups is 1. The van der Waals surface area contributed by atoms with Gasteiger partial charge in [0.1, 0.15) is 11.6 Å². The van der Waals surface area contributed by atoms with Gasteiger partial charge >= 0.3 is 0 Å². The van der Waals surface area contributed by atoms with Crippen molar-refractivity contribution < 1.29 is 14.2 Å². The van der Waals surface area contributed by atoms with Crippen LogP contribution < -0.4 is 4.74 Å². The van der Waals surface area contributed by atoms with Crippen molar-refractivity contribution in [3.63, 3.8) is 0 Å². The molecule has 5 atom stereocenters. The van der Waals surface area contributed by atoms with Gasteiger partial charge in [0.25, 0.3) is 0 Å². The number of ether oxygens (including phenoxy) is 1. The Bertz CT molecular complexity index is 1100. The number of aliphatic hydroxyl groups excluding tert-OH is 1. The molecular formula is C26H29FN2O2. The predicted molar refractivity (Wildman–Crippen MR) is 121 cm³/mol. The summed E-state index contributed by atoms with van der Waals surface area (Å²) in [6, 6.07) is 14.2. The highest BCUT2D eigenvalue weighted by Crippen LogP contribution is 2.43. The van der Waals surface area contributed by atoms with Gasteiger partial charge in [-0.1, -0.05) is 25.5 Å². The molecule has 0 aliphatic carbocycles. The van der Waals surface area contributed by atoms with E-state index < -0.39 is 6.10 Å². The largest absolute Gasteiger partial charge is 0.497 e. The summed E-state index contributed by atoms with van der Waals surface area (Å²) >= 11 is 0. The van der Waals surface area contributed by atoms with Crippen molar-refractivity contribution in [2.45, 2.75) is 38.3 Å². The van der Waals surface area contributed by atoms with Crippen molar-refractivity contribution >= 4 is 10.9 Å². The van der Waals surface area contributed by atoms with Crippen LogP contribution in [-0.2, 0) is 0 Å². The average molecular weight is 421 g/mol. The van der Waals surface area contributed by atoms with E-state index in [0.29, 0.717) is 17.2 Å². The van der Waals surface area contributed by atoms with Gasteiger partial charge in [-0.3, -0.25) is 4.90 Å². The Kier molecular flexibility index (Phi) is 5.40. The van der Waals surface area contributed by atoms with Crippen LogP contribution >= 0.6 is 0 Å². The molecule has 2 aromatic carbocycles. The lowest BCUT2D eigenvalue weighted by Gasteiger charge is -2.51. The first kappa shape index (κ1) is 20.4. The van der Waals surface area contributed by atoms with E-state index in [0.717, 1.165) is 47.6 Å². The quantitative estimate of drug-likeness (QED) is 0.616. The van der Waals surface area contributed by atoms with Gasteiger partial charge in [0, 0.05) is 23.5 Å². The summed E-state index contributed by atoms with van der Waals surface area (Å²) in [5, 5.41) is 12.5. The zero-order chi connectivity index (χ0) is 21.5. The lowest BCUT2D eigenvalue weighted by molar-refractivity contribution is -0.0562. The maximum Gasteiger partial charge on any atom is 0.123 e. The van der Waals surface area contributed by atoms with Crippen LogP contribution in [0.2, 0.25) is 0 Å². The van der Waals surface area contributed by atoms with E-state index in [1.807, 2.05) is 30.3 Å². The molecule has 0 radical (unpaired) electrons. The second-order valence-corrected chi connectivity index (χ2v) is 8.95. The minimum atomic E-state index is -0.634. The van der Waals surface area contributed by atoms with Gasteiger partial charge in [-0.25, -0.2) is 9.37 Å². The third-order valence-electron chi connectivity index (χ3n) is 7.31. The van der Waals surface area contributed by atoms with E-state index in [1.165, 1.54) is 25.0 Å². The van der Waals surface area contributed by atoms with Crippen molar-refractivity contribution in [1.82, 2.24) is 9.88 Å². The van der Waals surface area contributed by atoms with E-state index in [1.54, 1.807) is 13.2 Å². The predicted octanol–water partition coefficient (Wildman–Crippen LogP) is 5.20. The van der Waals surface area contributed by atoms with Gasteiger partial charge in [-0.2, -0.15) is 0 Å². The number of halogens is 1. The molecule has 4 heterocycles. The highest BCUT2D eigenvalue weighted by atomic mass is 19.1. The molecule has 0 amide bonds. The molecule has 1 aromatic heterocycles. The summed E-state index contributed by atoms with van der Waals surface area (Å²) in [5.41, 5.74) is 3.00. The number of piperidine rings is 3. The summed E-state index contributed by atoms with van der Waals surface area (Å²) in [6.45, 7) is 4.38. The Balaban J connectivity index is 1.60. The molecule has 3 aromatic rings. The first-order chi connectivity index (χ1) is 15.1. The molecule has 2 unspecified atom stereocenters. The van der Waals surface area contributed by atoms with Crippen LogP contribution in [0.25, 0.3) is 22.2 Å². The zero-order valence-corrected chi connectivity index (χ0v) is 18.1. The minimum Gasteiger partial charge on any atom is -0.497 e. The van der Waals surface area contributed by atoms with Crippen LogP contribution in [0.3, 0.4) is 0 Å². The van der Waals surface area contributed by atoms with E-state index in [9.17, 15) is 9.50 Å². The highest BCUT2D eigenvalue weighted by Gasteiger charge is 2.42. The molecule has 5 heteroatoms. The number of methoxy groups -OCH3 is 1. The molecular weight excluding hydrogens is 391 g/mol. The minimum absolute atomic E-state index is 0.0960. The fourth-order valence-corrected chi connectivity index (χ4v) is 5.58. The Hall–Kier alpha value is -2.50. The van der Waals surface area contributed by atoms with E-state index >= 15 is 0 Å². The summed E-state index contributed by atoms with van der Waals surface area (Å²) in [6.07, 6.45) is 2.80. The summed E-state index contributed by atoms with van der Waals surface area (Å²) in [4.78, 5) is 7.24. The smallest absolute Gasteiger partial charge is 0.123 e. The molecule has 6 rings (SSSR count). The first-order valence-corrected chi connectivity index (χ1v) is 11.2. The molecule has 3 aliphatic heterocycles. The number of benzene rings is 2. The van der Waals surface area contributed by atoms with E-state index in [4.69, 9.17) is 9.72 Å². The fourth-order valence-electron chi connectivity index (χ4n) is 5.58. The van der Waals surface area contributed by atoms with Gasteiger partial charge in [-0.05, 0) is 73.2 Å². The second-order valence-electron chi connectivity index (χ2n) is 8.95. The Morgan fingerprint density at radius 1 is 1.23 bits per heavy atom. The van der Waals surface area contributed by atoms with Crippen molar-refractivity contribution in [3.05, 3.63) is 59.9 Å². The van der Waals surface area contributed by atoms with Gasteiger partial charge in [0.15, 0.2) is 0 Å². The lowest BCUT2D eigenvalue weighted by atomic mass is 9.72. The zero-order valence-electron chi connectivity index (χ0n) is 18.1. The summed E-state index contributed by atoms with van der Waals surface area (Å²) in [7, 11) is 1.64. The van der Waals surface area contributed by atoms with Crippen molar-refractivity contribution in [1.29, 1.82) is 0 Å². The number of rotatable bonds is 5. The van der Waals surface area contributed by atoms with Crippen LogP contribution in [0.5, 0.6) is 5.75 Å². The summed E-state index contributed by atoms with van der Waals surface area (Å²) < 4.78 is 19.3. The van der Waals surface area contributed by atoms with Gasteiger partial charge in [-0.15, -0.1) is 0 Å². The number of pyridine rings is 1.